The summed E-state index contributed by atoms with van der Waals surface area (Å²) in [6, 6.07) is 11.1. The molecule has 0 heterocycles. The van der Waals surface area contributed by atoms with Gasteiger partial charge in [0.1, 0.15) is 0 Å². The van der Waals surface area contributed by atoms with Crippen molar-refractivity contribution in [3.05, 3.63) is 47.5 Å². The lowest BCUT2D eigenvalue weighted by Crippen LogP contribution is -2.08. The van der Waals surface area contributed by atoms with Crippen LogP contribution in [0.4, 0.5) is 0 Å². The van der Waals surface area contributed by atoms with Crippen molar-refractivity contribution < 1.29 is 14.7 Å². The van der Waals surface area contributed by atoms with Gasteiger partial charge in [-0.05, 0) is 29.3 Å². The zero-order valence-electron chi connectivity index (χ0n) is 11.9. The Morgan fingerprint density at radius 1 is 0.950 bits per heavy atom. The molecule has 0 radical (unpaired) electrons. The number of rotatable bonds is 4. The Labute approximate surface area is 118 Å². The maximum Gasteiger partial charge on any atom is 0.310 e. The molecule has 0 saturated heterocycles. The van der Waals surface area contributed by atoms with Crippen LogP contribution in [0.5, 0.6) is 0 Å². The van der Waals surface area contributed by atoms with Crippen LogP contribution in [0.3, 0.4) is 0 Å². The molecule has 0 saturated carbocycles. The van der Waals surface area contributed by atoms with E-state index in [1.54, 1.807) is 13.0 Å². The summed E-state index contributed by atoms with van der Waals surface area (Å²) in [6.07, 6.45) is 0. The average Bonchev–Trinajstić information content (AvgIpc) is 2.44. The lowest BCUT2D eigenvalue weighted by molar-refractivity contribution is -0.138. The number of hydrogen-bond acceptors (Lipinski definition) is 2. The van der Waals surface area contributed by atoms with E-state index in [4.69, 9.17) is 5.11 Å². The molecule has 0 spiro atoms. The number of hydrogen-bond donors (Lipinski definition) is 1. The van der Waals surface area contributed by atoms with E-state index in [-0.39, 0.29) is 11.7 Å². The van der Waals surface area contributed by atoms with E-state index in [1.165, 1.54) is 0 Å². The molecule has 0 aliphatic heterocycles. The number of benzene rings is 2. The Kier molecular flexibility index (Phi) is 3.89. The molecule has 0 aromatic heterocycles. The minimum Gasteiger partial charge on any atom is -0.481 e. The molecular formula is C17H18O3. The molecule has 3 heteroatoms. The van der Waals surface area contributed by atoms with Crippen LogP contribution in [0.1, 0.15) is 42.6 Å². The molecule has 2 rings (SSSR count). The van der Waals surface area contributed by atoms with Crippen LogP contribution < -0.4 is 0 Å². The van der Waals surface area contributed by atoms with E-state index in [0.717, 1.165) is 16.3 Å². The Morgan fingerprint density at radius 3 is 2.15 bits per heavy atom. The van der Waals surface area contributed by atoms with Crippen molar-refractivity contribution in [2.24, 2.45) is 5.92 Å². The van der Waals surface area contributed by atoms with E-state index in [1.807, 2.05) is 44.2 Å². The topological polar surface area (TPSA) is 54.4 Å². The highest BCUT2D eigenvalue weighted by Crippen LogP contribution is 2.23. The zero-order valence-corrected chi connectivity index (χ0v) is 11.9. The van der Waals surface area contributed by atoms with Crippen LogP contribution in [0, 0.1) is 5.92 Å². The second-order valence-electron chi connectivity index (χ2n) is 5.40. The van der Waals surface area contributed by atoms with Gasteiger partial charge in [0.25, 0.3) is 0 Å². The fraction of sp³-hybridized carbons (Fsp3) is 0.294. The molecule has 0 aliphatic rings. The molecule has 1 atom stereocenters. The second kappa shape index (κ2) is 5.45. The van der Waals surface area contributed by atoms with Crippen LogP contribution in [0.25, 0.3) is 10.8 Å². The van der Waals surface area contributed by atoms with Gasteiger partial charge in [0, 0.05) is 11.5 Å². The summed E-state index contributed by atoms with van der Waals surface area (Å²) in [4.78, 5) is 23.0. The summed E-state index contributed by atoms with van der Waals surface area (Å²) < 4.78 is 0. The molecule has 2 aromatic rings. The second-order valence-corrected chi connectivity index (χ2v) is 5.40. The summed E-state index contributed by atoms with van der Waals surface area (Å²) in [5.41, 5.74) is 1.47. The maximum atomic E-state index is 12.0. The highest BCUT2D eigenvalue weighted by molar-refractivity contribution is 6.01. The fourth-order valence-electron chi connectivity index (χ4n) is 2.16. The Bertz CT molecular complexity index is 671. The van der Waals surface area contributed by atoms with Crippen molar-refractivity contribution in [1.82, 2.24) is 0 Å². The molecule has 0 bridgehead atoms. The zero-order chi connectivity index (χ0) is 14.9. The molecule has 2 aromatic carbocycles. The highest BCUT2D eigenvalue weighted by atomic mass is 16.4. The lowest BCUT2D eigenvalue weighted by atomic mass is 9.95. The van der Waals surface area contributed by atoms with E-state index < -0.39 is 11.9 Å². The van der Waals surface area contributed by atoms with E-state index >= 15 is 0 Å². The van der Waals surface area contributed by atoms with Gasteiger partial charge in [-0.25, -0.2) is 0 Å². The van der Waals surface area contributed by atoms with Crippen LogP contribution in [0.15, 0.2) is 36.4 Å². The number of fused-ring (bicyclic) bond motifs is 1. The maximum absolute atomic E-state index is 12.0. The largest absolute Gasteiger partial charge is 0.481 e. The van der Waals surface area contributed by atoms with Gasteiger partial charge in [0.2, 0.25) is 0 Å². The molecule has 1 N–H and O–H groups in total. The molecule has 104 valence electrons. The van der Waals surface area contributed by atoms with Gasteiger partial charge in [-0.15, -0.1) is 0 Å². The predicted molar refractivity (Wildman–Crippen MR) is 79.2 cm³/mol. The first kappa shape index (κ1) is 14.3. The number of Topliss-reactive ketones (excluding diaryl/α,β-unsaturated/α-hetero) is 1. The number of ketones is 1. The quantitative estimate of drug-likeness (QED) is 0.858. The summed E-state index contributed by atoms with van der Waals surface area (Å²) in [5.74, 6) is -1.28. The first-order chi connectivity index (χ1) is 9.40. The molecule has 0 fully saturated rings. The van der Waals surface area contributed by atoms with Crippen molar-refractivity contribution >= 4 is 22.5 Å². The minimum absolute atomic E-state index is 0.0289. The number of carboxylic acid groups (broad SMARTS) is 1. The lowest BCUT2D eigenvalue weighted by Gasteiger charge is -2.09. The van der Waals surface area contributed by atoms with Crippen LogP contribution >= 0.6 is 0 Å². The molecule has 3 nitrogen and oxygen atoms in total. The third kappa shape index (κ3) is 2.72. The number of aliphatic carboxylic acids is 1. The summed E-state index contributed by atoms with van der Waals surface area (Å²) in [5, 5.41) is 11.0. The van der Waals surface area contributed by atoms with Crippen molar-refractivity contribution in [1.29, 1.82) is 0 Å². The van der Waals surface area contributed by atoms with Gasteiger partial charge in [0.05, 0.1) is 5.92 Å². The molecule has 20 heavy (non-hydrogen) atoms. The van der Waals surface area contributed by atoms with E-state index in [9.17, 15) is 9.59 Å². The average molecular weight is 270 g/mol. The van der Waals surface area contributed by atoms with Crippen LogP contribution in [-0.4, -0.2) is 16.9 Å². The third-order valence-corrected chi connectivity index (χ3v) is 3.54. The predicted octanol–water partition coefficient (Wildman–Crippen LogP) is 3.87. The van der Waals surface area contributed by atoms with Gasteiger partial charge >= 0.3 is 5.97 Å². The fourth-order valence-corrected chi connectivity index (χ4v) is 2.16. The SMILES string of the molecule is CC(C)C(=O)c1ccc2cc(C(C)C(=O)O)ccc2c1. The van der Waals surface area contributed by atoms with Gasteiger partial charge in [-0.1, -0.05) is 44.2 Å². The van der Waals surface area contributed by atoms with Crippen molar-refractivity contribution in [2.45, 2.75) is 26.7 Å². The molecule has 0 aliphatic carbocycles. The number of carbonyl (C=O) groups excluding carboxylic acids is 1. The molecule has 1 unspecified atom stereocenters. The first-order valence-electron chi connectivity index (χ1n) is 6.71. The monoisotopic (exact) mass is 270 g/mol. The van der Waals surface area contributed by atoms with Gasteiger partial charge in [0.15, 0.2) is 5.78 Å². The number of carbonyl (C=O) groups is 2. The normalized spacial score (nSPS) is 12.6. The van der Waals surface area contributed by atoms with Crippen molar-refractivity contribution in [3.63, 3.8) is 0 Å². The number of carboxylic acids is 1. The summed E-state index contributed by atoms with van der Waals surface area (Å²) in [7, 11) is 0. The first-order valence-corrected chi connectivity index (χ1v) is 6.71. The smallest absolute Gasteiger partial charge is 0.310 e. The molecular weight excluding hydrogens is 252 g/mol. The van der Waals surface area contributed by atoms with Crippen molar-refractivity contribution in [2.75, 3.05) is 0 Å². The standard InChI is InChI=1S/C17H18O3/c1-10(2)16(18)15-7-6-13-8-12(11(3)17(19)20)4-5-14(13)9-15/h4-11H,1-3H3,(H,19,20). The summed E-state index contributed by atoms with van der Waals surface area (Å²) in [6.45, 7) is 5.43. The van der Waals surface area contributed by atoms with Crippen LogP contribution in [-0.2, 0) is 4.79 Å². The summed E-state index contributed by atoms with van der Waals surface area (Å²) >= 11 is 0. The van der Waals surface area contributed by atoms with Gasteiger partial charge in [-0.2, -0.15) is 0 Å². The van der Waals surface area contributed by atoms with Gasteiger partial charge < -0.3 is 5.11 Å². The minimum atomic E-state index is -0.837. The Balaban J connectivity index is 2.44. The van der Waals surface area contributed by atoms with Gasteiger partial charge in [-0.3, -0.25) is 9.59 Å². The van der Waals surface area contributed by atoms with Crippen LogP contribution in [0.2, 0.25) is 0 Å². The third-order valence-electron chi connectivity index (χ3n) is 3.54. The van der Waals surface area contributed by atoms with E-state index in [0.29, 0.717) is 5.56 Å². The highest BCUT2D eigenvalue weighted by Gasteiger charge is 2.15. The van der Waals surface area contributed by atoms with E-state index in [2.05, 4.69) is 0 Å². The Hall–Kier alpha value is -2.16. The van der Waals surface area contributed by atoms with Crippen molar-refractivity contribution in [3.8, 4) is 0 Å². The Morgan fingerprint density at radius 2 is 1.55 bits per heavy atom. The molecule has 0 amide bonds.